The van der Waals surface area contributed by atoms with Crippen LogP contribution in [0.5, 0.6) is 11.5 Å². The summed E-state index contributed by atoms with van der Waals surface area (Å²) in [5.74, 6) is 2.36. The first-order chi connectivity index (χ1) is 8.25. The van der Waals surface area contributed by atoms with Gasteiger partial charge in [0.15, 0.2) is 23.1 Å². The molecule has 88 valence electrons. The van der Waals surface area contributed by atoms with Crippen LogP contribution in [0.15, 0.2) is 27.2 Å². The van der Waals surface area contributed by atoms with E-state index in [9.17, 15) is 0 Å². The van der Waals surface area contributed by atoms with Gasteiger partial charge in [0.1, 0.15) is 17.7 Å². The summed E-state index contributed by atoms with van der Waals surface area (Å²) >= 11 is 3.33. The molecule has 1 aliphatic rings. The minimum absolute atomic E-state index is 0.329. The van der Waals surface area contributed by atoms with Gasteiger partial charge in [-0.05, 0) is 34.1 Å². The fourth-order valence-electron chi connectivity index (χ4n) is 1.66. The number of ether oxygens (including phenoxy) is 2. The van der Waals surface area contributed by atoms with Crippen LogP contribution >= 0.6 is 15.9 Å². The molecule has 1 aromatic carbocycles. The lowest BCUT2D eigenvalue weighted by Crippen LogP contribution is -2.15. The molecule has 0 fully saturated rings. The van der Waals surface area contributed by atoms with Crippen LogP contribution in [0.2, 0.25) is 0 Å². The third-order valence-corrected chi connectivity index (χ3v) is 3.23. The second-order valence-corrected chi connectivity index (χ2v) is 4.36. The van der Waals surface area contributed by atoms with E-state index >= 15 is 0 Å². The van der Waals surface area contributed by atoms with Crippen molar-refractivity contribution in [1.29, 1.82) is 0 Å². The molecule has 0 spiro atoms. The summed E-state index contributed by atoms with van der Waals surface area (Å²) < 4.78 is 16.7. The van der Waals surface area contributed by atoms with Gasteiger partial charge in [0.05, 0.1) is 0 Å². The summed E-state index contributed by atoms with van der Waals surface area (Å²) in [6, 6.07) is 5.56. The lowest BCUT2D eigenvalue weighted by atomic mass is 10.1. The van der Waals surface area contributed by atoms with Gasteiger partial charge in [0.2, 0.25) is 0 Å². The van der Waals surface area contributed by atoms with Crippen LogP contribution in [-0.4, -0.2) is 18.4 Å². The van der Waals surface area contributed by atoms with Gasteiger partial charge in [-0.25, -0.2) is 0 Å². The maximum atomic E-state index is 5.61. The van der Waals surface area contributed by atoms with Crippen molar-refractivity contribution < 1.29 is 14.0 Å². The average Bonchev–Trinajstić information content (AvgIpc) is 2.70. The zero-order valence-electron chi connectivity index (χ0n) is 8.77. The van der Waals surface area contributed by atoms with Crippen LogP contribution in [0.1, 0.15) is 0 Å². The Kier molecular flexibility index (Phi) is 2.44. The SMILES string of the molecule is Nc1noc(-c2ccc3c(c2)OCCO3)c1Br. The van der Waals surface area contributed by atoms with Gasteiger partial charge in [-0.1, -0.05) is 5.16 Å². The number of halogens is 1. The molecule has 2 aromatic rings. The number of nitrogens with zero attached hydrogens (tertiary/aromatic N) is 1. The fourth-order valence-corrected chi connectivity index (χ4v) is 2.03. The molecule has 0 aliphatic carbocycles. The van der Waals surface area contributed by atoms with E-state index in [0.29, 0.717) is 35.0 Å². The number of rotatable bonds is 1. The van der Waals surface area contributed by atoms with Crippen LogP contribution in [0.25, 0.3) is 11.3 Å². The maximum Gasteiger partial charge on any atom is 0.183 e. The highest BCUT2D eigenvalue weighted by molar-refractivity contribution is 9.10. The minimum atomic E-state index is 0.329. The number of fused-ring (bicyclic) bond motifs is 1. The molecule has 0 bridgehead atoms. The lowest BCUT2D eigenvalue weighted by molar-refractivity contribution is 0.171. The van der Waals surface area contributed by atoms with E-state index in [1.165, 1.54) is 0 Å². The second-order valence-electron chi connectivity index (χ2n) is 3.57. The van der Waals surface area contributed by atoms with E-state index in [-0.39, 0.29) is 0 Å². The summed E-state index contributed by atoms with van der Waals surface area (Å²) in [4.78, 5) is 0. The Morgan fingerprint density at radius 3 is 2.65 bits per heavy atom. The molecule has 2 heterocycles. The van der Waals surface area contributed by atoms with Gasteiger partial charge in [-0.3, -0.25) is 0 Å². The molecule has 1 aromatic heterocycles. The van der Waals surface area contributed by atoms with E-state index in [1.54, 1.807) is 0 Å². The Morgan fingerprint density at radius 1 is 1.18 bits per heavy atom. The molecule has 2 N–H and O–H groups in total. The van der Waals surface area contributed by atoms with Crippen molar-refractivity contribution in [3.8, 4) is 22.8 Å². The zero-order chi connectivity index (χ0) is 11.8. The summed E-state index contributed by atoms with van der Waals surface area (Å²) in [6.07, 6.45) is 0. The molecule has 5 nitrogen and oxygen atoms in total. The number of hydrogen-bond acceptors (Lipinski definition) is 5. The molecular formula is C11H9BrN2O3. The predicted molar refractivity (Wildman–Crippen MR) is 65.0 cm³/mol. The van der Waals surface area contributed by atoms with E-state index in [2.05, 4.69) is 21.1 Å². The van der Waals surface area contributed by atoms with Crippen molar-refractivity contribution >= 4 is 21.7 Å². The van der Waals surface area contributed by atoms with Gasteiger partial charge >= 0.3 is 0 Å². The first-order valence-electron chi connectivity index (χ1n) is 5.06. The van der Waals surface area contributed by atoms with Gasteiger partial charge in [0, 0.05) is 5.56 Å². The summed E-state index contributed by atoms with van der Waals surface area (Å²) in [5.41, 5.74) is 6.45. The molecule has 0 amide bonds. The molecular weight excluding hydrogens is 288 g/mol. The molecule has 3 rings (SSSR count). The van der Waals surface area contributed by atoms with Crippen LogP contribution < -0.4 is 15.2 Å². The van der Waals surface area contributed by atoms with Crippen molar-refractivity contribution in [3.05, 3.63) is 22.7 Å². The quantitative estimate of drug-likeness (QED) is 0.875. The molecule has 0 saturated carbocycles. The van der Waals surface area contributed by atoms with Crippen LogP contribution in [-0.2, 0) is 0 Å². The highest BCUT2D eigenvalue weighted by Gasteiger charge is 2.17. The molecule has 0 saturated heterocycles. The van der Waals surface area contributed by atoms with Gasteiger partial charge in [-0.2, -0.15) is 0 Å². The van der Waals surface area contributed by atoms with Crippen LogP contribution in [0, 0.1) is 0 Å². The Labute approximate surface area is 106 Å². The first kappa shape index (κ1) is 10.5. The smallest absolute Gasteiger partial charge is 0.183 e. The highest BCUT2D eigenvalue weighted by atomic mass is 79.9. The molecule has 0 radical (unpaired) electrons. The van der Waals surface area contributed by atoms with Gasteiger partial charge in [-0.15, -0.1) is 0 Å². The standard InChI is InChI=1S/C11H9BrN2O3/c12-9-10(17-14-11(9)13)6-1-2-7-8(5-6)16-4-3-15-7/h1-2,5H,3-4H2,(H2,13,14). The normalized spacial score (nSPS) is 13.7. The Balaban J connectivity index is 2.07. The predicted octanol–water partition coefficient (Wildman–Crippen LogP) is 2.46. The Bertz CT molecular complexity index is 568. The summed E-state index contributed by atoms with van der Waals surface area (Å²) in [6.45, 7) is 1.13. The lowest BCUT2D eigenvalue weighted by Gasteiger charge is -2.18. The number of hydrogen-bond donors (Lipinski definition) is 1. The number of nitrogens with two attached hydrogens (primary N) is 1. The van der Waals surface area contributed by atoms with E-state index < -0.39 is 0 Å². The second kappa shape index (κ2) is 3.96. The van der Waals surface area contributed by atoms with Crippen LogP contribution in [0.4, 0.5) is 5.82 Å². The minimum Gasteiger partial charge on any atom is -0.486 e. The van der Waals surface area contributed by atoms with Crippen molar-refractivity contribution in [2.45, 2.75) is 0 Å². The number of nitrogen functional groups attached to an aromatic ring is 1. The van der Waals surface area contributed by atoms with E-state index in [1.807, 2.05) is 18.2 Å². The molecule has 17 heavy (non-hydrogen) atoms. The van der Waals surface area contributed by atoms with Crippen molar-refractivity contribution in [2.24, 2.45) is 0 Å². The topological polar surface area (TPSA) is 70.5 Å². The largest absolute Gasteiger partial charge is 0.486 e. The Morgan fingerprint density at radius 2 is 1.94 bits per heavy atom. The maximum absolute atomic E-state index is 5.61. The number of benzene rings is 1. The monoisotopic (exact) mass is 296 g/mol. The number of aromatic nitrogens is 1. The molecule has 0 unspecified atom stereocenters. The molecule has 6 heteroatoms. The van der Waals surface area contributed by atoms with E-state index in [4.69, 9.17) is 19.7 Å². The fraction of sp³-hybridized carbons (Fsp3) is 0.182. The van der Waals surface area contributed by atoms with E-state index in [0.717, 1.165) is 11.3 Å². The molecule has 1 aliphatic heterocycles. The third-order valence-electron chi connectivity index (χ3n) is 2.46. The molecule has 0 atom stereocenters. The van der Waals surface area contributed by atoms with Crippen molar-refractivity contribution in [2.75, 3.05) is 18.9 Å². The van der Waals surface area contributed by atoms with Crippen LogP contribution in [0.3, 0.4) is 0 Å². The van der Waals surface area contributed by atoms with Gasteiger partial charge < -0.3 is 19.7 Å². The van der Waals surface area contributed by atoms with Gasteiger partial charge in [0.25, 0.3) is 0 Å². The Hall–Kier alpha value is -1.69. The zero-order valence-corrected chi connectivity index (χ0v) is 10.4. The first-order valence-corrected chi connectivity index (χ1v) is 5.85. The number of anilines is 1. The van der Waals surface area contributed by atoms with Crippen molar-refractivity contribution in [3.63, 3.8) is 0 Å². The average molecular weight is 297 g/mol. The summed E-state index contributed by atoms with van der Waals surface area (Å²) in [7, 11) is 0. The third kappa shape index (κ3) is 1.74. The van der Waals surface area contributed by atoms with Crippen molar-refractivity contribution in [1.82, 2.24) is 5.16 Å². The highest BCUT2D eigenvalue weighted by Crippen LogP contribution is 2.38. The summed E-state index contributed by atoms with van der Waals surface area (Å²) in [5, 5.41) is 3.69.